The van der Waals surface area contributed by atoms with Crippen LogP contribution in [0.2, 0.25) is 0 Å². The van der Waals surface area contributed by atoms with E-state index >= 15 is 0 Å². The standard InChI is InChI=1S/C30H44O9/c1-16-24(33)26(36-3)25(34)27(38-16)39-19-6-10-29(15-31)18(13-19)4-5-22-21(29)7-9-28(2)20(8-11-30(22,28)35)17-12-23(32)37-14-17/h12,15-16,18-22,24-27,33-35H,4-11,13-14H2,1-3H3/t16-,18+,19+,20-,21+,22-,24+,25-,26+,27+,28-,29-,30+/m1/s1. The molecule has 0 bridgehead atoms. The molecule has 1 saturated heterocycles. The Kier molecular flexibility index (Phi) is 7.04. The van der Waals surface area contributed by atoms with Crippen LogP contribution in [0, 0.1) is 34.5 Å². The Hall–Kier alpha value is -1.36. The lowest BCUT2D eigenvalue weighted by molar-refractivity contribution is -0.312. The van der Waals surface area contributed by atoms with Crippen LogP contribution in [0.1, 0.15) is 71.6 Å². The molecule has 2 aliphatic heterocycles. The highest BCUT2D eigenvalue weighted by Crippen LogP contribution is 2.69. The van der Waals surface area contributed by atoms with Crippen molar-refractivity contribution in [2.75, 3.05) is 13.7 Å². The Bertz CT molecular complexity index is 1010. The van der Waals surface area contributed by atoms with Crippen molar-refractivity contribution in [2.24, 2.45) is 34.5 Å². The number of hydrogen-bond acceptors (Lipinski definition) is 9. The molecule has 0 spiro atoms. The van der Waals surface area contributed by atoms with Gasteiger partial charge in [0.2, 0.25) is 0 Å². The van der Waals surface area contributed by atoms with Gasteiger partial charge in [0.15, 0.2) is 6.29 Å². The van der Waals surface area contributed by atoms with E-state index in [0.717, 1.165) is 37.7 Å². The van der Waals surface area contributed by atoms with Gasteiger partial charge in [0.1, 0.15) is 31.2 Å². The van der Waals surface area contributed by atoms with Crippen LogP contribution in [-0.4, -0.2) is 83.7 Å². The Morgan fingerprint density at radius 1 is 1.05 bits per heavy atom. The number of aliphatic hydroxyl groups excluding tert-OH is 2. The van der Waals surface area contributed by atoms with Crippen molar-refractivity contribution < 1.29 is 43.9 Å². The molecule has 4 saturated carbocycles. The Morgan fingerprint density at radius 3 is 2.54 bits per heavy atom. The normalized spacial score (nSPS) is 53.3. The van der Waals surface area contributed by atoms with Gasteiger partial charge in [-0.2, -0.15) is 0 Å². The van der Waals surface area contributed by atoms with E-state index in [-0.39, 0.29) is 41.2 Å². The fraction of sp³-hybridized carbons (Fsp3) is 0.867. The fourth-order valence-corrected chi connectivity index (χ4v) is 10.00. The van der Waals surface area contributed by atoms with E-state index in [0.29, 0.717) is 32.3 Å². The second kappa shape index (κ2) is 9.88. The van der Waals surface area contributed by atoms with Crippen LogP contribution in [0.4, 0.5) is 0 Å². The lowest BCUT2D eigenvalue weighted by atomic mass is 9.43. The van der Waals surface area contributed by atoms with Crippen molar-refractivity contribution in [3.63, 3.8) is 0 Å². The summed E-state index contributed by atoms with van der Waals surface area (Å²) in [5.41, 5.74) is -0.682. The first-order valence-corrected chi connectivity index (χ1v) is 14.8. The number of fused-ring (bicyclic) bond motifs is 5. The third kappa shape index (κ3) is 4.02. The minimum Gasteiger partial charge on any atom is -0.458 e. The van der Waals surface area contributed by atoms with E-state index < -0.39 is 41.7 Å². The molecule has 218 valence electrons. The second-order valence-electron chi connectivity index (χ2n) is 13.4. The van der Waals surface area contributed by atoms with Gasteiger partial charge in [-0.25, -0.2) is 4.79 Å². The summed E-state index contributed by atoms with van der Waals surface area (Å²) in [7, 11) is 1.46. The highest BCUT2D eigenvalue weighted by Gasteiger charge is 2.68. The molecule has 6 aliphatic rings. The molecule has 13 atom stereocenters. The number of carbonyl (C=O) groups excluding carboxylic acids is 2. The first-order chi connectivity index (χ1) is 18.6. The summed E-state index contributed by atoms with van der Waals surface area (Å²) in [4.78, 5) is 24.8. The van der Waals surface area contributed by atoms with Crippen molar-refractivity contribution >= 4 is 12.3 Å². The van der Waals surface area contributed by atoms with Gasteiger partial charge in [-0.3, -0.25) is 0 Å². The number of carbonyl (C=O) groups is 2. The van der Waals surface area contributed by atoms with Gasteiger partial charge in [-0.1, -0.05) is 6.92 Å². The Morgan fingerprint density at radius 2 is 1.85 bits per heavy atom. The molecule has 6 rings (SSSR count). The topological polar surface area (TPSA) is 132 Å². The average molecular weight is 549 g/mol. The van der Waals surface area contributed by atoms with E-state index in [1.54, 1.807) is 13.0 Å². The molecule has 0 amide bonds. The summed E-state index contributed by atoms with van der Waals surface area (Å²) in [6.07, 6.45) is 5.39. The maximum atomic E-state index is 13.0. The van der Waals surface area contributed by atoms with Crippen LogP contribution < -0.4 is 0 Å². The zero-order chi connectivity index (χ0) is 27.7. The van der Waals surface area contributed by atoms with Crippen LogP contribution in [0.5, 0.6) is 0 Å². The summed E-state index contributed by atoms with van der Waals surface area (Å²) >= 11 is 0. The van der Waals surface area contributed by atoms with Gasteiger partial charge in [-0.15, -0.1) is 0 Å². The minimum atomic E-state index is -1.11. The predicted molar refractivity (Wildman–Crippen MR) is 138 cm³/mol. The lowest BCUT2D eigenvalue weighted by Crippen LogP contribution is -2.63. The number of ether oxygens (including phenoxy) is 4. The maximum Gasteiger partial charge on any atom is 0.331 e. The average Bonchev–Trinajstić information content (AvgIpc) is 3.47. The smallest absolute Gasteiger partial charge is 0.331 e. The number of hydrogen-bond donors (Lipinski definition) is 3. The molecule has 5 fully saturated rings. The van der Waals surface area contributed by atoms with Gasteiger partial charge in [0.05, 0.1) is 17.8 Å². The van der Waals surface area contributed by atoms with E-state index in [9.17, 15) is 24.9 Å². The number of esters is 1. The number of methoxy groups -OCH3 is 1. The van der Waals surface area contributed by atoms with E-state index in [1.165, 1.54) is 13.4 Å². The van der Waals surface area contributed by atoms with Gasteiger partial charge in [0.25, 0.3) is 0 Å². The zero-order valence-corrected chi connectivity index (χ0v) is 23.3. The minimum absolute atomic E-state index is 0.0482. The highest BCUT2D eigenvalue weighted by atomic mass is 16.7. The van der Waals surface area contributed by atoms with Crippen molar-refractivity contribution in [1.29, 1.82) is 0 Å². The highest BCUT2D eigenvalue weighted by molar-refractivity contribution is 5.85. The summed E-state index contributed by atoms with van der Waals surface area (Å²) < 4.78 is 22.6. The molecule has 39 heavy (non-hydrogen) atoms. The molecular weight excluding hydrogens is 504 g/mol. The summed E-state index contributed by atoms with van der Waals surface area (Å²) in [6.45, 7) is 4.25. The number of aliphatic hydroxyl groups is 3. The molecule has 9 heteroatoms. The van der Waals surface area contributed by atoms with Crippen LogP contribution in [0.25, 0.3) is 0 Å². The third-order valence-corrected chi connectivity index (χ3v) is 12.1. The first kappa shape index (κ1) is 27.8. The van der Waals surface area contributed by atoms with Crippen LogP contribution in [0.3, 0.4) is 0 Å². The fourth-order valence-electron chi connectivity index (χ4n) is 10.00. The molecule has 0 radical (unpaired) electrons. The number of rotatable bonds is 5. The van der Waals surface area contributed by atoms with E-state index in [1.807, 2.05) is 0 Å². The largest absolute Gasteiger partial charge is 0.458 e. The Labute approximate surface area is 230 Å². The molecule has 9 nitrogen and oxygen atoms in total. The molecular formula is C30H44O9. The SMILES string of the molecule is CO[C@H]1[C@@H](O)[C@@H](C)O[C@@H](O[C@H]2CC[C@@]3(C=O)[C@@H](CC[C@@H]4[C@@H]3CC[C@]3(C)[C@@H](C5=CC(=O)OC5)CC[C@]43O)C2)[C@@H]1O. The monoisotopic (exact) mass is 548 g/mol. The number of cyclic esters (lactones) is 1. The molecule has 0 aromatic carbocycles. The molecule has 3 N–H and O–H groups in total. The number of aldehydes is 1. The van der Waals surface area contributed by atoms with E-state index in [2.05, 4.69) is 6.92 Å². The van der Waals surface area contributed by atoms with E-state index in [4.69, 9.17) is 18.9 Å². The Balaban J connectivity index is 1.18. The maximum absolute atomic E-state index is 13.0. The third-order valence-electron chi connectivity index (χ3n) is 12.1. The van der Waals surface area contributed by atoms with Gasteiger partial charge in [0, 0.05) is 24.0 Å². The van der Waals surface area contributed by atoms with Crippen LogP contribution in [-0.2, 0) is 28.5 Å². The zero-order valence-electron chi connectivity index (χ0n) is 23.3. The first-order valence-electron chi connectivity index (χ1n) is 14.8. The predicted octanol–water partition coefficient (Wildman–Crippen LogP) is 2.29. The van der Waals surface area contributed by atoms with Gasteiger partial charge >= 0.3 is 5.97 Å². The molecule has 0 unspecified atom stereocenters. The van der Waals surface area contributed by atoms with Crippen molar-refractivity contribution in [2.45, 2.75) is 114 Å². The molecule has 0 aromatic rings. The van der Waals surface area contributed by atoms with Crippen molar-refractivity contribution in [1.82, 2.24) is 0 Å². The van der Waals surface area contributed by atoms with Gasteiger partial charge < -0.3 is 39.1 Å². The molecule has 4 aliphatic carbocycles. The van der Waals surface area contributed by atoms with Crippen molar-refractivity contribution in [3.05, 3.63) is 11.6 Å². The van der Waals surface area contributed by atoms with Crippen LogP contribution >= 0.6 is 0 Å². The van der Waals surface area contributed by atoms with Crippen molar-refractivity contribution in [3.8, 4) is 0 Å². The summed E-state index contributed by atoms with van der Waals surface area (Å²) in [5.74, 6) is 0.152. The molecule has 0 aromatic heterocycles. The summed E-state index contributed by atoms with van der Waals surface area (Å²) in [6, 6.07) is 0. The van der Waals surface area contributed by atoms with Gasteiger partial charge in [-0.05, 0) is 94.0 Å². The lowest BCUT2D eigenvalue weighted by Gasteiger charge is -2.63. The molecule has 2 heterocycles. The summed E-state index contributed by atoms with van der Waals surface area (Å²) in [5, 5.41) is 33.4. The van der Waals surface area contributed by atoms with Crippen LogP contribution in [0.15, 0.2) is 11.6 Å². The second-order valence-corrected chi connectivity index (χ2v) is 13.4. The quantitative estimate of drug-likeness (QED) is 0.269.